The third-order valence-electron chi connectivity index (χ3n) is 4.58. The van der Waals surface area contributed by atoms with Crippen LogP contribution in [-0.4, -0.2) is 41.2 Å². The fourth-order valence-corrected chi connectivity index (χ4v) is 3.96. The van der Waals surface area contributed by atoms with Gasteiger partial charge in [-0.2, -0.15) is 0 Å². The summed E-state index contributed by atoms with van der Waals surface area (Å²) in [5.74, 6) is 1.41. The van der Waals surface area contributed by atoms with E-state index < -0.39 is 9.84 Å². The van der Waals surface area contributed by atoms with Crippen molar-refractivity contribution in [3.05, 3.63) is 47.5 Å². The average Bonchev–Trinajstić information content (AvgIpc) is 2.97. The lowest BCUT2D eigenvalue weighted by Crippen LogP contribution is -2.11. The Hall–Kier alpha value is -2.74. The summed E-state index contributed by atoms with van der Waals surface area (Å²) in [4.78, 5) is 14.0. The van der Waals surface area contributed by atoms with Crippen LogP contribution in [0, 0.1) is 6.92 Å². The summed E-state index contributed by atoms with van der Waals surface area (Å²) in [7, 11) is -1.44. The standard InChI is InChI=1S/C18H19N5O2S/c1-11-21-15-9-4-12-10-20-18(19-2)22-16(12)17(15)23(11)13-5-7-14(8-6-13)26(3,24)25/h5-8,10H,4,9H2,1-3H3,(H,19,20,22). The molecule has 0 unspecified atom stereocenters. The highest BCUT2D eigenvalue weighted by Gasteiger charge is 2.26. The van der Waals surface area contributed by atoms with Gasteiger partial charge in [0.05, 0.1) is 22.0 Å². The molecule has 7 nitrogen and oxygen atoms in total. The molecule has 2 heterocycles. The Morgan fingerprint density at radius 2 is 1.85 bits per heavy atom. The molecule has 4 rings (SSSR count). The number of benzene rings is 1. The summed E-state index contributed by atoms with van der Waals surface area (Å²) >= 11 is 0. The topological polar surface area (TPSA) is 89.8 Å². The fourth-order valence-electron chi connectivity index (χ4n) is 3.33. The molecule has 8 heteroatoms. The molecule has 0 radical (unpaired) electrons. The zero-order chi connectivity index (χ0) is 18.5. The lowest BCUT2D eigenvalue weighted by atomic mass is 9.97. The van der Waals surface area contributed by atoms with E-state index in [1.165, 1.54) is 6.26 Å². The molecular formula is C18H19N5O2S. The molecular weight excluding hydrogens is 350 g/mol. The first-order chi connectivity index (χ1) is 12.4. The minimum atomic E-state index is -3.23. The third-order valence-corrected chi connectivity index (χ3v) is 5.71. The second-order valence-electron chi connectivity index (χ2n) is 6.37. The van der Waals surface area contributed by atoms with E-state index in [-0.39, 0.29) is 0 Å². The number of fused-ring (bicyclic) bond motifs is 3. The molecule has 26 heavy (non-hydrogen) atoms. The molecule has 134 valence electrons. The monoisotopic (exact) mass is 369 g/mol. The van der Waals surface area contributed by atoms with E-state index in [9.17, 15) is 8.42 Å². The lowest BCUT2D eigenvalue weighted by molar-refractivity contribution is 0.602. The van der Waals surface area contributed by atoms with Crippen molar-refractivity contribution in [3.8, 4) is 17.1 Å². The maximum Gasteiger partial charge on any atom is 0.223 e. The number of hydrogen-bond donors (Lipinski definition) is 1. The minimum Gasteiger partial charge on any atom is -0.357 e. The maximum absolute atomic E-state index is 11.7. The number of aryl methyl sites for hydroxylation is 3. The largest absolute Gasteiger partial charge is 0.357 e. The van der Waals surface area contributed by atoms with E-state index in [0.29, 0.717) is 10.8 Å². The molecule has 1 aliphatic rings. The molecule has 1 aliphatic carbocycles. The molecule has 0 fully saturated rings. The molecule has 0 saturated heterocycles. The number of anilines is 1. The molecule has 3 aromatic rings. The first kappa shape index (κ1) is 16.7. The van der Waals surface area contributed by atoms with E-state index in [1.54, 1.807) is 31.3 Å². The van der Waals surface area contributed by atoms with Gasteiger partial charge in [-0.3, -0.25) is 4.57 Å². The Morgan fingerprint density at radius 1 is 1.12 bits per heavy atom. The molecule has 0 aliphatic heterocycles. The molecule has 0 saturated carbocycles. The summed E-state index contributed by atoms with van der Waals surface area (Å²) in [5, 5.41) is 2.98. The zero-order valence-electron chi connectivity index (χ0n) is 14.8. The van der Waals surface area contributed by atoms with Gasteiger partial charge in [0.2, 0.25) is 5.95 Å². The van der Waals surface area contributed by atoms with Gasteiger partial charge in [-0.1, -0.05) is 0 Å². The van der Waals surface area contributed by atoms with Crippen molar-refractivity contribution in [1.29, 1.82) is 0 Å². The molecule has 0 amide bonds. The van der Waals surface area contributed by atoms with E-state index in [4.69, 9.17) is 4.98 Å². The number of rotatable bonds is 3. The van der Waals surface area contributed by atoms with Crippen LogP contribution in [0.1, 0.15) is 17.1 Å². The van der Waals surface area contributed by atoms with Crippen molar-refractivity contribution in [2.75, 3.05) is 18.6 Å². The summed E-state index contributed by atoms with van der Waals surface area (Å²) < 4.78 is 25.5. The van der Waals surface area contributed by atoms with Gasteiger partial charge in [-0.25, -0.2) is 23.4 Å². The normalized spacial score (nSPS) is 13.2. The molecule has 0 bridgehead atoms. The molecule has 1 N–H and O–H groups in total. The van der Waals surface area contributed by atoms with E-state index in [1.807, 2.05) is 17.7 Å². The van der Waals surface area contributed by atoms with Crippen LogP contribution >= 0.6 is 0 Å². The van der Waals surface area contributed by atoms with Crippen molar-refractivity contribution >= 4 is 15.8 Å². The Bertz CT molecular complexity index is 1100. The van der Waals surface area contributed by atoms with Crippen LogP contribution in [0.25, 0.3) is 17.1 Å². The SMILES string of the molecule is CNc1ncc2c(n1)-c1c(nc(C)n1-c1ccc(S(C)(=O)=O)cc1)CC2. The van der Waals surface area contributed by atoms with Gasteiger partial charge >= 0.3 is 0 Å². The molecule has 2 aromatic heterocycles. The van der Waals surface area contributed by atoms with Gasteiger partial charge in [-0.15, -0.1) is 0 Å². The Balaban J connectivity index is 1.91. The van der Waals surface area contributed by atoms with Crippen molar-refractivity contribution in [3.63, 3.8) is 0 Å². The van der Waals surface area contributed by atoms with Crippen LogP contribution in [0.5, 0.6) is 0 Å². The van der Waals surface area contributed by atoms with Crippen LogP contribution in [0.3, 0.4) is 0 Å². The number of sulfone groups is 1. The fraction of sp³-hybridized carbons (Fsp3) is 0.278. The van der Waals surface area contributed by atoms with Gasteiger partial charge in [0.1, 0.15) is 5.82 Å². The Kier molecular flexibility index (Phi) is 3.80. The lowest BCUT2D eigenvalue weighted by Gasteiger charge is -2.18. The highest BCUT2D eigenvalue weighted by molar-refractivity contribution is 7.90. The van der Waals surface area contributed by atoms with Crippen LogP contribution in [0.15, 0.2) is 35.4 Å². The van der Waals surface area contributed by atoms with Crippen LogP contribution in [-0.2, 0) is 22.7 Å². The Labute approximate surface area is 152 Å². The second-order valence-corrected chi connectivity index (χ2v) is 8.39. The molecule has 1 aromatic carbocycles. The molecule has 0 spiro atoms. The van der Waals surface area contributed by atoms with Crippen molar-refractivity contribution in [2.45, 2.75) is 24.7 Å². The van der Waals surface area contributed by atoms with Crippen LogP contribution in [0.4, 0.5) is 5.95 Å². The quantitative estimate of drug-likeness (QED) is 0.761. The average molecular weight is 369 g/mol. The number of nitrogens with one attached hydrogen (secondary N) is 1. The van der Waals surface area contributed by atoms with Crippen molar-refractivity contribution in [1.82, 2.24) is 19.5 Å². The van der Waals surface area contributed by atoms with Gasteiger partial charge in [0.15, 0.2) is 9.84 Å². The first-order valence-corrected chi connectivity index (χ1v) is 10.2. The highest BCUT2D eigenvalue weighted by atomic mass is 32.2. The second kappa shape index (κ2) is 5.91. The minimum absolute atomic E-state index is 0.299. The van der Waals surface area contributed by atoms with Gasteiger partial charge in [0, 0.05) is 25.2 Å². The summed E-state index contributed by atoms with van der Waals surface area (Å²) in [6.07, 6.45) is 4.75. The predicted molar refractivity (Wildman–Crippen MR) is 99.4 cm³/mol. The predicted octanol–water partition coefficient (Wildman–Crippen LogP) is 2.18. The van der Waals surface area contributed by atoms with Crippen LogP contribution in [0.2, 0.25) is 0 Å². The van der Waals surface area contributed by atoms with Gasteiger partial charge < -0.3 is 5.32 Å². The van der Waals surface area contributed by atoms with Gasteiger partial charge in [-0.05, 0) is 49.6 Å². The summed E-state index contributed by atoms with van der Waals surface area (Å²) in [6.45, 7) is 1.95. The maximum atomic E-state index is 11.7. The summed E-state index contributed by atoms with van der Waals surface area (Å²) in [6, 6.07) is 6.86. The van der Waals surface area contributed by atoms with E-state index in [0.717, 1.165) is 47.0 Å². The number of hydrogen-bond acceptors (Lipinski definition) is 6. The van der Waals surface area contributed by atoms with Crippen molar-refractivity contribution < 1.29 is 8.42 Å². The summed E-state index contributed by atoms with van der Waals surface area (Å²) in [5.41, 5.74) is 4.78. The number of imidazole rings is 1. The van der Waals surface area contributed by atoms with Gasteiger partial charge in [0.25, 0.3) is 0 Å². The number of aromatic nitrogens is 4. The first-order valence-electron chi connectivity index (χ1n) is 8.31. The van der Waals surface area contributed by atoms with E-state index in [2.05, 4.69) is 15.3 Å². The highest BCUT2D eigenvalue weighted by Crippen LogP contribution is 2.35. The third kappa shape index (κ3) is 2.66. The number of nitrogens with zero attached hydrogens (tertiary/aromatic N) is 4. The van der Waals surface area contributed by atoms with E-state index >= 15 is 0 Å². The zero-order valence-corrected chi connectivity index (χ0v) is 15.6. The Morgan fingerprint density at radius 3 is 2.50 bits per heavy atom. The van der Waals surface area contributed by atoms with Crippen LogP contribution < -0.4 is 5.32 Å². The smallest absolute Gasteiger partial charge is 0.223 e. The molecule has 0 atom stereocenters. The van der Waals surface area contributed by atoms with Crippen molar-refractivity contribution in [2.24, 2.45) is 0 Å².